The predicted octanol–water partition coefficient (Wildman–Crippen LogP) is 2.30. The van der Waals surface area contributed by atoms with Gasteiger partial charge in [0.1, 0.15) is 5.82 Å². The molecule has 0 saturated carbocycles. The second kappa shape index (κ2) is 5.47. The Labute approximate surface area is 110 Å². The van der Waals surface area contributed by atoms with Crippen LogP contribution in [-0.2, 0) is 6.54 Å². The molecule has 0 aromatic carbocycles. The Morgan fingerprint density at radius 1 is 1.37 bits per heavy atom. The van der Waals surface area contributed by atoms with E-state index in [-0.39, 0.29) is 5.69 Å². The smallest absolute Gasteiger partial charge is 0.297 e. The predicted molar refractivity (Wildman–Crippen MR) is 72.0 cm³/mol. The van der Waals surface area contributed by atoms with Gasteiger partial charge in [-0.3, -0.25) is 14.8 Å². The van der Waals surface area contributed by atoms with E-state index in [0.717, 1.165) is 0 Å². The molecule has 0 aliphatic rings. The number of nitro groups is 1. The second-order valence-electron chi connectivity index (χ2n) is 3.88. The first-order chi connectivity index (χ1) is 9.17. The zero-order valence-electron chi connectivity index (χ0n) is 10.8. The Morgan fingerprint density at radius 2 is 2.16 bits per heavy atom. The summed E-state index contributed by atoms with van der Waals surface area (Å²) >= 11 is 0. The van der Waals surface area contributed by atoms with Gasteiger partial charge in [0.2, 0.25) is 0 Å². The van der Waals surface area contributed by atoms with Crippen molar-refractivity contribution in [3.63, 3.8) is 0 Å². The fourth-order valence-corrected chi connectivity index (χ4v) is 1.85. The second-order valence-corrected chi connectivity index (χ2v) is 3.88. The third kappa shape index (κ3) is 2.54. The van der Waals surface area contributed by atoms with Crippen LogP contribution >= 0.6 is 0 Å². The van der Waals surface area contributed by atoms with E-state index in [1.165, 1.54) is 6.07 Å². The van der Waals surface area contributed by atoms with E-state index in [2.05, 4.69) is 15.4 Å². The maximum Gasteiger partial charge on any atom is 0.297 e. The van der Waals surface area contributed by atoms with Crippen molar-refractivity contribution in [2.75, 3.05) is 11.9 Å². The molecule has 2 rings (SSSR count). The fourth-order valence-electron chi connectivity index (χ4n) is 1.85. The molecule has 0 aliphatic carbocycles. The SMILES string of the molecule is CCNc1ccc([N+](=O)[O-])c(-c2ccnn2CC)n1. The van der Waals surface area contributed by atoms with Crippen molar-refractivity contribution in [3.8, 4) is 11.4 Å². The number of aromatic nitrogens is 3. The molecule has 0 atom stereocenters. The lowest BCUT2D eigenvalue weighted by molar-refractivity contribution is -0.384. The van der Waals surface area contributed by atoms with E-state index in [4.69, 9.17) is 0 Å². The lowest BCUT2D eigenvalue weighted by Gasteiger charge is -2.08. The van der Waals surface area contributed by atoms with Gasteiger partial charge in [0.15, 0.2) is 5.69 Å². The number of hydrogen-bond donors (Lipinski definition) is 1. The van der Waals surface area contributed by atoms with Gasteiger partial charge in [-0.25, -0.2) is 4.98 Å². The van der Waals surface area contributed by atoms with E-state index < -0.39 is 4.92 Å². The average Bonchev–Trinajstić information content (AvgIpc) is 2.86. The molecule has 0 aliphatic heterocycles. The highest BCUT2D eigenvalue weighted by Gasteiger charge is 2.20. The maximum atomic E-state index is 11.1. The normalized spacial score (nSPS) is 10.4. The van der Waals surface area contributed by atoms with Crippen molar-refractivity contribution < 1.29 is 4.92 Å². The van der Waals surface area contributed by atoms with Crippen molar-refractivity contribution in [1.82, 2.24) is 14.8 Å². The van der Waals surface area contributed by atoms with Crippen molar-refractivity contribution in [2.45, 2.75) is 20.4 Å². The van der Waals surface area contributed by atoms with Crippen LogP contribution in [0.15, 0.2) is 24.4 Å². The van der Waals surface area contributed by atoms with Gasteiger partial charge in [-0.15, -0.1) is 0 Å². The van der Waals surface area contributed by atoms with Crippen LogP contribution in [0.4, 0.5) is 11.5 Å². The molecule has 19 heavy (non-hydrogen) atoms. The van der Waals surface area contributed by atoms with Gasteiger partial charge < -0.3 is 5.32 Å². The number of hydrogen-bond acceptors (Lipinski definition) is 5. The van der Waals surface area contributed by atoms with Crippen LogP contribution in [0.5, 0.6) is 0 Å². The van der Waals surface area contributed by atoms with E-state index in [0.29, 0.717) is 30.3 Å². The summed E-state index contributed by atoms with van der Waals surface area (Å²) < 4.78 is 1.69. The lowest BCUT2D eigenvalue weighted by Crippen LogP contribution is -2.05. The Balaban J connectivity index is 2.57. The van der Waals surface area contributed by atoms with E-state index in [9.17, 15) is 10.1 Å². The van der Waals surface area contributed by atoms with Gasteiger partial charge in [-0.05, 0) is 26.0 Å². The molecule has 100 valence electrons. The summed E-state index contributed by atoms with van der Waals surface area (Å²) in [7, 11) is 0. The minimum atomic E-state index is -0.426. The largest absolute Gasteiger partial charge is 0.370 e. The van der Waals surface area contributed by atoms with Gasteiger partial charge in [0.25, 0.3) is 5.69 Å². The Kier molecular flexibility index (Phi) is 3.74. The quantitative estimate of drug-likeness (QED) is 0.659. The fraction of sp³-hybridized carbons (Fsp3) is 0.333. The molecule has 7 heteroatoms. The molecule has 2 aromatic heterocycles. The van der Waals surface area contributed by atoms with Crippen molar-refractivity contribution >= 4 is 11.5 Å². The molecule has 0 radical (unpaired) electrons. The average molecular weight is 261 g/mol. The molecule has 7 nitrogen and oxygen atoms in total. The first-order valence-electron chi connectivity index (χ1n) is 6.08. The van der Waals surface area contributed by atoms with Crippen LogP contribution in [0.3, 0.4) is 0 Å². The van der Waals surface area contributed by atoms with Crippen LogP contribution in [0.2, 0.25) is 0 Å². The van der Waals surface area contributed by atoms with E-state index in [1.54, 1.807) is 23.0 Å². The van der Waals surface area contributed by atoms with Gasteiger partial charge in [0, 0.05) is 25.4 Å². The number of pyridine rings is 1. The van der Waals surface area contributed by atoms with Gasteiger partial charge in [0.05, 0.1) is 10.6 Å². The lowest BCUT2D eigenvalue weighted by atomic mass is 10.2. The van der Waals surface area contributed by atoms with Gasteiger partial charge >= 0.3 is 0 Å². The van der Waals surface area contributed by atoms with Crippen LogP contribution in [-0.4, -0.2) is 26.2 Å². The third-order valence-electron chi connectivity index (χ3n) is 2.69. The highest BCUT2D eigenvalue weighted by atomic mass is 16.6. The maximum absolute atomic E-state index is 11.1. The van der Waals surface area contributed by atoms with Crippen LogP contribution < -0.4 is 5.32 Å². The summed E-state index contributed by atoms with van der Waals surface area (Å²) in [5.41, 5.74) is 0.966. The Hall–Kier alpha value is -2.44. The first-order valence-corrected chi connectivity index (χ1v) is 6.08. The summed E-state index contributed by atoms with van der Waals surface area (Å²) in [6.45, 7) is 5.21. The van der Waals surface area contributed by atoms with Crippen LogP contribution in [0, 0.1) is 10.1 Å². The highest BCUT2D eigenvalue weighted by Crippen LogP contribution is 2.29. The monoisotopic (exact) mass is 261 g/mol. The minimum absolute atomic E-state index is 0.0168. The molecular weight excluding hydrogens is 246 g/mol. The topological polar surface area (TPSA) is 85.9 Å². The number of rotatable bonds is 5. The summed E-state index contributed by atoms with van der Waals surface area (Å²) in [5.74, 6) is 0.618. The van der Waals surface area contributed by atoms with Gasteiger partial charge in [-0.2, -0.15) is 5.10 Å². The molecule has 2 heterocycles. The number of anilines is 1. The number of nitrogens with zero attached hydrogens (tertiary/aromatic N) is 4. The van der Waals surface area contributed by atoms with Crippen molar-refractivity contribution in [2.24, 2.45) is 0 Å². The molecule has 2 aromatic rings. The molecule has 0 spiro atoms. The Bertz CT molecular complexity index is 594. The molecule has 0 saturated heterocycles. The summed E-state index contributed by atoms with van der Waals surface area (Å²) in [5, 5.41) is 18.3. The molecule has 1 N–H and O–H groups in total. The van der Waals surface area contributed by atoms with Crippen molar-refractivity contribution in [1.29, 1.82) is 0 Å². The molecule has 0 fully saturated rings. The first kappa shape index (κ1) is 13.0. The third-order valence-corrected chi connectivity index (χ3v) is 2.69. The number of nitrogens with one attached hydrogen (secondary N) is 1. The van der Waals surface area contributed by atoms with Gasteiger partial charge in [-0.1, -0.05) is 0 Å². The summed E-state index contributed by atoms with van der Waals surface area (Å²) in [4.78, 5) is 15.0. The van der Waals surface area contributed by atoms with Crippen molar-refractivity contribution in [3.05, 3.63) is 34.5 Å². The van der Waals surface area contributed by atoms with Crippen LogP contribution in [0.25, 0.3) is 11.4 Å². The van der Waals surface area contributed by atoms with E-state index in [1.807, 2.05) is 13.8 Å². The highest BCUT2D eigenvalue weighted by molar-refractivity contribution is 5.68. The Morgan fingerprint density at radius 3 is 2.79 bits per heavy atom. The molecule has 0 unspecified atom stereocenters. The molecule has 0 bridgehead atoms. The molecule has 0 amide bonds. The summed E-state index contributed by atoms with van der Waals surface area (Å²) in [6, 6.07) is 4.81. The van der Waals surface area contributed by atoms with E-state index >= 15 is 0 Å². The van der Waals surface area contributed by atoms with Crippen LogP contribution in [0.1, 0.15) is 13.8 Å². The number of aryl methyl sites for hydroxylation is 1. The standard InChI is InChI=1S/C12H15N5O2/c1-3-13-11-6-5-10(17(18)19)12(15-11)9-7-8-14-16(9)4-2/h5-8H,3-4H2,1-2H3,(H,13,15). The zero-order chi connectivity index (χ0) is 13.8. The summed E-state index contributed by atoms with van der Waals surface area (Å²) in [6.07, 6.45) is 1.62. The minimum Gasteiger partial charge on any atom is -0.370 e. The zero-order valence-corrected chi connectivity index (χ0v) is 10.8. The molecular formula is C12H15N5O2.